The van der Waals surface area contributed by atoms with Gasteiger partial charge in [-0.05, 0) is 68.7 Å². The highest BCUT2D eigenvalue weighted by atomic mass is 32.2. The molecule has 4 rings (SSSR count). The molecule has 1 aliphatic heterocycles. The molecule has 2 aromatic carbocycles. The van der Waals surface area contributed by atoms with Crippen LogP contribution in [0.5, 0.6) is 0 Å². The fourth-order valence-corrected chi connectivity index (χ4v) is 5.50. The summed E-state index contributed by atoms with van der Waals surface area (Å²) in [6.45, 7) is 5.70. The average molecular weight is 450 g/mol. The Balaban J connectivity index is 1.49. The van der Waals surface area contributed by atoms with Gasteiger partial charge in [0.2, 0.25) is 10.0 Å². The molecule has 1 aromatic heterocycles. The van der Waals surface area contributed by atoms with Crippen LogP contribution < -0.4 is 0 Å². The highest BCUT2D eigenvalue weighted by molar-refractivity contribution is 7.89. The molecule has 0 aliphatic carbocycles. The van der Waals surface area contributed by atoms with Gasteiger partial charge in [-0.1, -0.05) is 30.3 Å². The maximum atomic E-state index is 12.7. The van der Waals surface area contributed by atoms with Crippen molar-refractivity contribution in [3.63, 3.8) is 0 Å². The fraction of sp³-hybridized carbons (Fsp3) is 0.280. The summed E-state index contributed by atoms with van der Waals surface area (Å²) in [7, 11) is -3.48. The van der Waals surface area contributed by atoms with Gasteiger partial charge in [-0.2, -0.15) is 9.40 Å². The van der Waals surface area contributed by atoms with Crippen LogP contribution in [0.2, 0.25) is 0 Å². The number of rotatable bonds is 7. The Kier molecular flexibility index (Phi) is 6.39. The van der Waals surface area contributed by atoms with Crippen molar-refractivity contribution in [3.8, 4) is 0 Å². The Bertz CT molecular complexity index is 1240. The van der Waals surface area contributed by atoms with Gasteiger partial charge in [-0.25, -0.2) is 8.42 Å². The number of hydrogen-bond acceptors (Lipinski definition) is 4. The van der Waals surface area contributed by atoms with Crippen molar-refractivity contribution < 1.29 is 13.2 Å². The topological polar surface area (TPSA) is 72.3 Å². The molecule has 166 valence electrons. The van der Waals surface area contributed by atoms with Crippen LogP contribution in [0.1, 0.15) is 45.7 Å². The minimum Gasteiger partial charge on any atom is -0.289 e. The van der Waals surface area contributed by atoms with Gasteiger partial charge in [-0.3, -0.25) is 9.48 Å². The van der Waals surface area contributed by atoms with Gasteiger partial charge in [0.1, 0.15) is 0 Å². The number of aryl methyl sites for hydroxylation is 1. The first-order valence-electron chi connectivity index (χ1n) is 10.8. The van der Waals surface area contributed by atoms with Crippen molar-refractivity contribution in [1.82, 2.24) is 14.1 Å². The summed E-state index contributed by atoms with van der Waals surface area (Å²) in [5.74, 6) is -0.176. The van der Waals surface area contributed by atoms with E-state index in [-0.39, 0.29) is 10.7 Å². The van der Waals surface area contributed by atoms with Crippen molar-refractivity contribution in [2.24, 2.45) is 0 Å². The number of carbonyl (C=O) groups excluding carboxylic acids is 1. The summed E-state index contributed by atoms with van der Waals surface area (Å²) in [6, 6.07) is 16.3. The van der Waals surface area contributed by atoms with Gasteiger partial charge >= 0.3 is 0 Å². The first-order valence-corrected chi connectivity index (χ1v) is 12.2. The molecule has 1 aliphatic rings. The van der Waals surface area contributed by atoms with E-state index < -0.39 is 10.0 Å². The lowest BCUT2D eigenvalue weighted by molar-refractivity contribution is 0.104. The van der Waals surface area contributed by atoms with E-state index in [0.717, 1.165) is 35.4 Å². The van der Waals surface area contributed by atoms with Gasteiger partial charge in [0, 0.05) is 29.9 Å². The minimum atomic E-state index is -3.48. The van der Waals surface area contributed by atoms with E-state index in [1.54, 1.807) is 18.2 Å². The number of hydrogen-bond donors (Lipinski definition) is 0. The summed E-state index contributed by atoms with van der Waals surface area (Å²) in [4.78, 5) is 12.9. The Hall–Kier alpha value is -3.03. The van der Waals surface area contributed by atoms with E-state index in [9.17, 15) is 13.2 Å². The molecule has 6 nitrogen and oxygen atoms in total. The zero-order valence-corrected chi connectivity index (χ0v) is 19.2. The molecule has 1 saturated heterocycles. The zero-order valence-electron chi connectivity index (χ0n) is 18.4. The standard InChI is InChI=1S/C25H27N3O3S/c1-19-24(20(2)28(26-19)18-21-8-4-3-5-9-21)14-15-25(29)22-10-12-23(13-11-22)32(30,31)27-16-6-7-17-27/h3-5,8-15H,6-7,16-18H2,1-2H3/b15-14+. The average Bonchev–Trinajstić information content (AvgIpc) is 3.43. The van der Waals surface area contributed by atoms with Gasteiger partial charge < -0.3 is 0 Å². The Morgan fingerprint density at radius 2 is 1.66 bits per heavy atom. The molecule has 7 heteroatoms. The molecule has 0 spiro atoms. The second-order valence-corrected chi connectivity index (χ2v) is 10.00. The molecule has 0 N–H and O–H groups in total. The normalized spacial score (nSPS) is 14.9. The lowest BCUT2D eigenvalue weighted by Crippen LogP contribution is -2.27. The third kappa shape index (κ3) is 4.59. The van der Waals surface area contributed by atoms with Gasteiger partial charge in [0.25, 0.3) is 0 Å². The zero-order chi connectivity index (χ0) is 22.7. The SMILES string of the molecule is Cc1nn(Cc2ccccc2)c(C)c1/C=C/C(=O)c1ccc(S(=O)(=O)N2CCCC2)cc1. The number of benzene rings is 2. The lowest BCUT2D eigenvalue weighted by atomic mass is 10.1. The number of nitrogens with zero attached hydrogens (tertiary/aromatic N) is 3. The molecule has 0 bridgehead atoms. The van der Waals surface area contributed by atoms with Crippen molar-refractivity contribution in [3.05, 3.63) is 88.8 Å². The number of carbonyl (C=O) groups is 1. The Morgan fingerprint density at radius 3 is 2.31 bits per heavy atom. The van der Waals surface area contributed by atoms with Gasteiger partial charge in [0.05, 0.1) is 17.1 Å². The molecule has 0 unspecified atom stereocenters. The van der Waals surface area contributed by atoms with E-state index in [0.29, 0.717) is 25.2 Å². The predicted molar refractivity (Wildman–Crippen MR) is 125 cm³/mol. The number of aromatic nitrogens is 2. The molecule has 1 fully saturated rings. The van der Waals surface area contributed by atoms with Crippen LogP contribution >= 0.6 is 0 Å². The van der Waals surface area contributed by atoms with Crippen LogP contribution in [0.4, 0.5) is 0 Å². The summed E-state index contributed by atoms with van der Waals surface area (Å²) < 4.78 is 28.7. The quantitative estimate of drug-likeness (QED) is 0.400. The van der Waals surface area contributed by atoms with Gasteiger partial charge in [0.15, 0.2) is 5.78 Å². The molecule has 3 aromatic rings. The van der Waals surface area contributed by atoms with Gasteiger partial charge in [-0.15, -0.1) is 0 Å². The highest BCUT2D eigenvalue weighted by Crippen LogP contribution is 2.22. The van der Waals surface area contributed by atoms with E-state index in [1.807, 2.05) is 36.7 Å². The molecule has 32 heavy (non-hydrogen) atoms. The molecule has 0 saturated carbocycles. The summed E-state index contributed by atoms with van der Waals surface area (Å²) in [5.41, 5.74) is 4.38. The van der Waals surface area contributed by atoms with E-state index in [4.69, 9.17) is 0 Å². The largest absolute Gasteiger partial charge is 0.289 e. The first-order chi connectivity index (χ1) is 15.4. The molecular formula is C25H27N3O3S. The first kappa shape index (κ1) is 22.2. The van der Waals surface area contributed by atoms with Crippen LogP contribution in [0.3, 0.4) is 0 Å². The molecule has 0 atom stereocenters. The summed E-state index contributed by atoms with van der Waals surface area (Å²) in [6.07, 6.45) is 5.09. The molecule has 0 amide bonds. The second kappa shape index (κ2) is 9.22. The van der Waals surface area contributed by atoms with Crippen LogP contribution in [0, 0.1) is 13.8 Å². The predicted octanol–water partition coefficient (Wildman–Crippen LogP) is 4.23. The number of sulfonamides is 1. The van der Waals surface area contributed by atoms with Crippen molar-refractivity contribution in [2.45, 2.75) is 38.1 Å². The van der Waals surface area contributed by atoms with Crippen molar-refractivity contribution >= 4 is 21.9 Å². The van der Waals surface area contributed by atoms with Crippen LogP contribution in [-0.4, -0.2) is 41.4 Å². The lowest BCUT2D eigenvalue weighted by Gasteiger charge is -2.15. The third-order valence-electron chi connectivity index (χ3n) is 5.86. The monoisotopic (exact) mass is 449 g/mol. The highest BCUT2D eigenvalue weighted by Gasteiger charge is 2.27. The van der Waals surface area contributed by atoms with Crippen molar-refractivity contribution in [1.29, 1.82) is 0 Å². The number of ketones is 1. The summed E-state index contributed by atoms with van der Waals surface area (Å²) >= 11 is 0. The number of allylic oxidation sites excluding steroid dienone is 1. The van der Waals surface area contributed by atoms with E-state index in [2.05, 4.69) is 17.2 Å². The van der Waals surface area contributed by atoms with Crippen molar-refractivity contribution in [2.75, 3.05) is 13.1 Å². The maximum absolute atomic E-state index is 12.7. The third-order valence-corrected chi connectivity index (χ3v) is 7.77. The van der Waals surface area contributed by atoms with E-state index >= 15 is 0 Å². The molecular weight excluding hydrogens is 422 g/mol. The maximum Gasteiger partial charge on any atom is 0.243 e. The fourth-order valence-electron chi connectivity index (χ4n) is 3.99. The smallest absolute Gasteiger partial charge is 0.243 e. The van der Waals surface area contributed by atoms with Crippen LogP contribution in [-0.2, 0) is 16.6 Å². The minimum absolute atomic E-state index is 0.176. The van der Waals surface area contributed by atoms with E-state index in [1.165, 1.54) is 22.5 Å². The molecule has 0 radical (unpaired) electrons. The Labute approximate surface area is 189 Å². The summed E-state index contributed by atoms with van der Waals surface area (Å²) in [5, 5.41) is 4.62. The van der Waals surface area contributed by atoms with Crippen LogP contribution in [0.25, 0.3) is 6.08 Å². The van der Waals surface area contributed by atoms with Crippen LogP contribution in [0.15, 0.2) is 65.6 Å². The second-order valence-electron chi connectivity index (χ2n) is 8.06. The molecule has 2 heterocycles. The Morgan fingerprint density at radius 1 is 1.00 bits per heavy atom.